The molecule has 0 amide bonds. The Balaban J connectivity index is 2.34. The summed E-state index contributed by atoms with van der Waals surface area (Å²) in [5, 5.41) is 17.4. The lowest BCUT2D eigenvalue weighted by Crippen LogP contribution is -1.95. The molecule has 82 valence electrons. The van der Waals surface area contributed by atoms with E-state index in [1.165, 1.54) is 11.8 Å². The van der Waals surface area contributed by atoms with E-state index in [0.29, 0.717) is 5.75 Å². The van der Waals surface area contributed by atoms with E-state index < -0.39 is 0 Å². The van der Waals surface area contributed by atoms with Gasteiger partial charge in [-0.25, -0.2) is 0 Å². The molecule has 0 radical (unpaired) electrons. The number of hydrogen-bond donors (Lipinski definition) is 0. The second kappa shape index (κ2) is 4.41. The molecule has 0 aromatic carbocycles. The first kappa shape index (κ1) is 10.8. The van der Waals surface area contributed by atoms with Crippen LogP contribution in [0, 0.1) is 18.3 Å². The normalized spacial score (nSPS) is 10.3. The van der Waals surface area contributed by atoms with Crippen LogP contribution < -0.4 is 0 Å². The summed E-state index contributed by atoms with van der Waals surface area (Å²) >= 11 is 1.37. The van der Waals surface area contributed by atoms with Gasteiger partial charge in [-0.1, -0.05) is 11.8 Å². The molecule has 0 aliphatic rings. The lowest BCUT2D eigenvalue weighted by Gasteiger charge is -2.00. The number of nitriles is 1. The molecular formula is C10H10N4OS. The van der Waals surface area contributed by atoms with Crippen molar-refractivity contribution in [1.29, 1.82) is 5.26 Å². The number of rotatable bonds is 3. The summed E-state index contributed by atoms with van der Waals surface area (Å²) in [5.74, 6) is 1.94. The number of aryl methyl sites for hydroxylation is 1. The Hall–Kier alpha value is -1.74. The Morgan fingerprint density at radius 1 is 1.56 bits per heavy atom. The van der Waals surface area contributed by atoms with Crippen molar-refractivity contribution < 1.29 is 4.42 Å². The van der Waals surface area contributed by atoms with Crippen molar-refractivity contribution >= 4 is 11.8 Å². The lowest BCUT2D eigenvalue weighted by molar-refractivity contribution is 0.534. The first-order valence-corrected chi connectivity index (χ1v) is 5.66. The zero-order chi connectivity index (χ0) is 11.5. The van der Waals surface area contributed by atoms with Gasteiger partial charge in [0.1, 0.15) is 5.76 Å². The summed E-state index contributed by atoms with van der Waals surface area (Å²) in [6.45, 7) is 1.88. The number of furan rings is 1. The Labute approximate surface area is 97.1 Å². The zero-order valence-electron chi connectivity index (χ0n) is 8.97. The zero-order valence-corrected chi connectivity index (χ0v) is 9.78. The molecule has 0 aliphatic heterocycles. The SMILES string of the molecule is Cc1occc1-c1nnc(SCC#N)n1C. The van der Waals surface area contributed by atoms with E-state index >= 15 is 0 Å². The van der Waals surface area contributed by atoms with E-state index in [0.717, 1.165) is 22.3 Å². The highest BCUT2D eigenvalue weighted by Crippen LogP contribution is 2.25. The van der Waals surface area contributed by atoms with Crippen LogP contribution in [0.15, 0.2) is 21.9 Å². The van der Waals surface area contributed by atoms with Crippen LogP contribution in [0.1, 0.15) is 5.76 Å². The van der Waals surface area contributed by atoms with Gasteiger partial charge >= 0.3 is 0 Å². The minimum atomic E-state index is 0.371. The summed E-state index contributed by atoms with van der Waals surface area (Å²) in [6, 6.07) is 3.92. The third-order valence-electron chi connectivity index (χ3n) is 2.20. The molecule has 0 atom stereocenters. The maximum atomic E-state index is 8.51. The highest BCUT2D eigenvalue weighted by Gasteiger charge is 2.14. The molecule has 0 fully saturated rings. The summed E-state index contributed by atoms with van der Waals surface area (Å²) in [5.41, 5.74) is 0.929. The standard InChI is InChI=1S/C10H10N4OS/c1-7-8(3-5-15-7)9-12-13-10(14(9)2)16-6-4-11/h3,5H,6H2,1-2H3. The average Bonchev–Trinajstić information content (AvgIpc) is 2.83. The quantitative estimate of drug-likeness (QED) is 0.760. The molecule has 5 nitrogen and oxygen atoms in total. The molecule has 0 aliphatic carbocycles. The third-order valence-corrected chi connectivity index (χ3v) is 3.09. The number of nitrogens with zero attached hydrogens (tertiary/aromatic N) is 4. The monoisotopic (exact) mass is 234 g/mol. The molecular weight excluding hydrogens is 224 g/mol. The smallest absolute Gasteiger partial charge is 0.192 e. The van der Waals surface area contributed by atoms with Crippen molar-refractivity contribution in [1.82, 2.24) is 14.8 Å². The fourth-order valence-electron chi connectivity index (χ4n) is 1.39. The highest BCUT2D eigenvalue weighted by molar-refractivity contribution is 7.99. The highest BCUT2D eigenvalue weighted by atomic mass is 32.2. The van der Waals surface area contributed by atoms with Gasteiger partial charge < -0.3 is 8.98 Å². The van der Waals surface area contributed by atoms with Crippen molar-refractivity contribution in [3.8, 4) is 17.5 Å². The van der Waals surface area contributed by atoms with Gasteiger partial charge in [-0.3, -0.25) is 0 Å². The Morgan fingerprint density at radius 3 is 3.00 bits per heavy atom. The minimum absolute atomic E-state index is 0.371. The van der Waals surface area contributed by atoms with Gasteiger partial charge in [0.2, 0.25) is 0 Å². The van der Waals surface area contributed by atoms with E-state index in [4.69, 9.17) is 9.68 Å². The molecule has 2 rings (SSSR count). The van der Waals surface area contributed by atoms with E-state index in [1.807, 2.05) is 24.6 Å². The van der Waals surface area contributed by atoms with Gasteiger partial charge in [0, 0.05) is 7.05 Å². The summed E-state index contributed by atoms with van der Waals surface area (Å²) < 4.78 is 7.09. The van der Waals surface area contributed by atoms with E-state index in [2.05, 4.69) is 16.3 Å². The van der Waals surface area contributed by atoms with Gasteiger partial charge in [-0.2, -0.15) is 5.26 Å². The van der Waals surface area contributed by atoms with Crippen LogP contribution in [0.25, 0.3) is 11.4 Å². The number of hydrogen-bond acceptors (Lipinski definition) is 5. The first-order chi connectivity index (χ1) is 7.74. The molecule has 0 saturated heterocycles. The van der Waals surface area contributed by atoms with Gasteiger partial charge in [-0.05, 0) is 13.0 Å². The van der Waals surface area contributed by atoms with Crippen LogP contribution in [0.4, 0.5) is 0 Å². The molecule has 0 N–H and O–H groups in total. The Bertz CT molecular complexity index is 537. The Kier molecular flexibility index (Phi) is 2.97. The van der Waals surface area contributed by atoms with Gasteiger partial charge in [0.25, 0.3) is 0 Å². The lowest BCUT2D eigenvalue weighted by atomic mass is 10.2. The topological polar surface area (TPSA) is 67.6 Å². The second-order valence-electron chi connectivity index (χ2n) is 3.20. The van der Waals surface area contributed by atoms with Crippen molar-refractivity contribution in [2.45, 2.75) is 12.1 Å². The molecule has 2 heterocycles. The maximum Gasteiger partial charge on any atom is 0.192 e. The van der Waals surface area contributed by atoms with E-state index in [1.54, 1.807) is 6.26 Å². The van der Waals surface area contributed by atoms with Crippen molar-refractivity contribution in [2.24, 2.45) is 7.05 Å². The summed E-state index contributed by atoms with van der Waals surface area (Å²) in [6.07, 6.45) is 1.63. The van der Waals surface area contributed by atoms with Crippen molar-refractivity contribution in [2.75, 3.05) is 5.75 Å². The van der Waals surface area contributed by atoms with Crippen LogP contribution in [0.3, 0.4) is 0 Å². The van der Waals surface area contributed by atoms with Crippen LogP contribution in [0.2, 0.25) is 0 Å². The van der Waals surface area contributed by atoms with Crippen LogP contribution in [-0.2, 0) is 7.05 Å². The summed E-state index contributed by atoms with van der Waals surface area (Å²) in [7, 11) is 1.88. The van der Waals surface area contributed by atoms with E-state index in [9.17, 15) is 0 Å². The van der Waals surface area contributed by atoms with Gasteiger partial charge in [-0.15, -0.1) is 10.2 Å². The fourth-order valence-corrected chi connectivity index (χ4v) is 1.96. The summed E-state index contributed by atoms with van der Waals surface area (Å²) in [4.78, 5) is 0. The molecule has 0 spiro atoms. The molecule has 6 heteroatoms. The maximum absolute atomic E-state index is 8.51. The fraction of sp³-hybridized carbons (Fsp3) is 0.300. The predicted molar refractivity (Wildman–Crippen MR) is 59.8 cm³/mol. The second-order valence-corrected chi connectivity index (χ2v) is 4.14. The van der Waals surface area contributed by atoms with Crippen LogP contribution in [0.5, 0.6) is 0 Å². The molecule has 2 aromatic rings. The van der Waals surface area contributed by atoms with Crippen LogP contribution >= 0.6 is 11.8 Å². The minimum Gasteiger partial charge on any atom is -0.469 e. The van der Waals surface area contributed by atoms with Gasteiger partial charge in [0.15, 0.2) is 11.0 Å². The Morgan fingerprint density at radius 2 is 2.38 bits per heavy atom. The van der Waals surface area contributed by atoms with Gasteiger partial charge in [0.05, 0.1) is 23.6 Å². The average molecular weight is 234 g/mol. The van der Waals surface area contributed by atoms with Crippen molar-refractivity contribution in [3.63, 3.8) is 0 Å². The third kappa shape index (κ3) is 1.82. The molecule has 0 saturated carbocycles. The molecule has 0 unspecified atom stereocenters. The van der Waals surface area contributed by atoms with Crippen LogP contribution in [-0.4, -0.2) is 20.5 Å². The van der Waals surface area contributed by atoms with Crippen molar-refractivity contribution in [3.05, 3.63) is 18.1 Å². The van der Waals surface area contributed by atoms with E-state index in [-0.39, 0.29) is 0 Å². The number of aromatic nitrogens is 3. The molecule has 0 bridgehead atoms. The predicted octanol–water partition coefficient (Wildman–Crippen LogP) is 2.00. The first-order valence-electron chi connectivity index (χ1n) is 4.67. The molecule has 16 heavy (non-hydrogen) atoms. The largest absolute Gasteiger partial charge is 0.469 e. The number of thioether (sulfide) groups is 1. The molecule has 2 aromatic heterocycles.